The number of anilines is 1. The van der Waals surface area contributed by atoms with Gasteiger partial charge in [0.15, 0.2) is 5.65 Å². The highest BCUT2D eigenvalue weighted by molar-refractivity contribution is 5.44. The zero-order chi connectivity index (χ0) is 17.2. The zero-order valence-electron chi connectivity index (χ0n) is 13.6. The third-order valence-electron chi connectivity index (χ3n) is 3.52. The van der Waals surface area contributed by atoms with Crippen LogP contribution in [0, 0.1) is 0 Å². The normalized spacial score (nSPS) is 12.8. The summed E-state index contributed by atoms with van der Waals surface area (Å²) in [5.41, 5.74) is 0.0638. The Bertz CT molecular complexity index is 641. The molecule has 0 spiro atoms. The number of rotatable bonds is 6. The Balaban J connectivity index is 2.09. The highest BCUT2D eigenvalue weighted by Crippen LogP contribution is 2.27. The summed E-state index contributed by atoms with van der Waals surface area (Å²) in [5.74, 6) is -0.766. The van der Waals surface area contributed by atoms with Gasteiger partial charge in [-0.1, -0.05) is 0 Å². The van der Waals surface area contributed by atoms with Crippen molar-refractivity contribution in [2.45, 2.75) is 46.0 Å². The maximum absolute atomic E-state index is 12.8. The van der Waals surface area contributed by atoms with Gasteiger partial charge in [-0.2, -0.15) is 17.7 Å². The van der Waals surface area contributed by atoms with Crippen LogP contribution in [-0.2, 0) is 6.18 Å². The summed E-state index contributed by atoms with van der Waals surface area (Å²) in [5, 5.41) is 13.6. The van der Waals surface area contributed by atoms with Crippen molar-refractivity contribution in [3.63, 3.8) is 0 Å². The first-order valence-electron chi connectivity index (χ1n) is 7.49. The van der Waals surface area contributed by atoms with Crippen LogP contribution in [-0.4, -0.2) is 49.9 Å². The standard InChI is InChI=1S/C14H21F3N6/c1-9(2)22(10(3)4)8-7-18-11-5-6-12-19-20-13(14(15,16)17)23(12)21-11/h5-6,9-10H,7-8H2,1-4H3,(H,18,21). The van der Waals surface area contributed by atoms with E-state index in [1.807, 2.05) is 0 Å². The van der Waals surface area contributed by atoms with Gasteiger partial charge in [0.25, 0.3) is 5.82 Å². The molecule has 0 atom stereocenters. The maximum atomic E-state index is 12.8. The molecule has 2 heterocycles. The van der Waals surface area contributed by atoms with Gasteiger partial charge in [0.2, 0.25) is 0 Å². The van der Waals surface area contributed by atoms with Gasteiger partial charge in [0.05, 0.1) is 0 Å². The monoisotopic (exact) mass is 330 g/mol. The first kappa shape index (κ1) is 17.5. The summed E-state index contributed by atoms with van der Waals surface area (Å²) >= 11 is 0. The molecule has 0 saturated heterocycles. The molecule has 0 fully saturated rings. The maximum Gasteiger partial charge on any atom is 0.453 e. The van der Waals surface area contributed by atoms with Crippen molar-refractivity contribution in [3.8, 4) is 0 Å². The molecule has 0 saturated carbocycles. The SMILES string of the molecule is CC(C)N(CCNc1ccc2nnc(C(F)(F)F)n2n1)C(C)C. The quantitative estimate of drug-likeness (QED) is 0.882. The third kappa shape index (κ3) is 4.10. The van der Waals surface area contributed by atoms with Crippen molar-refractivity contribution in [1.29, 1.82) is 0 Å². The highest BCUT2D eigenvalue weighted by Gasteiger charge is 2.37. The Morgan fingerprint density at radius 3 is 2.35 bits per heavy atom. The predicted octanol–water partition coefficient (Wildman–Crippen LogP) is 2.67. The Labute approximate surface area is 132 Å². The second kappa shape index (κ2) is 6.69. The number of nitrogens with zero attached hydrogens (tertiary/aromatic N) is 5. The molecule has 1 N–H and O–H groups in total. The van der Waals surface area contributed by atoms with Crippen molar-refractivity contribution in [3.05, 3.63) is 18.0 Å². The van der Waals surface area contributed by atoms with E-state index in [0.717, 1.165) is 6.54 Å². The van der Waals surface area contributed by atoms with Crippen LogP contribution in [0.2, 0.25) is 0 Å². The lowest BCUT2D eigenvalue weighted by atomic mass is 10.2. The van der Waals surface area contributed by atoms with Gasteiger partial charge in [0.1, 0.15) is 5.82 Å². The zero-order valence-corrected chi connectivity index (χ0v) is 13.6. The van der Waals surface area contributed by atoms with Crippen LogP contribution < -0.4 is 5.32 Å². The van der Waals surface area contributed by atoms with Gasteiger partial charge in [-0.15, -0.1) is 15.3 Å². The van der Waals surface area contributed by atoms with E-state index >= 15 is 0 Å². The van der Waals surface area contributed by atoms with Crippen LogP contribution in [0.25, 0.3) is 5.65 Å². The third-order valence-corrected chi connectivity index (χ3v) is 3.52. The fraction of sp³-hybridized carbons (Fsp3) is 0.643. The van der Waals surface area contributed by atoms with Crippen molar-refractivity contribution >= 4 is 11.5 Å². The number of halogens is 3. The topological polar surface area (TPSA) is 58.3 Å². The largest absolute Gasteiger partial charge is 0.453 e. The number of hydrogen-bond acceptors (Lipinski definition) is 5. The van der Waals surface area contributed by atoms with Gasteiger partial charge >= 0.3 is 6.18 Å². The van der Waals surface area contributed by atoms with E-state index in [1.165, 1.54) is 6.07 Å². The molecule has 0 aromatic carbocycles. The minimum Gasteiger partial charge on any atom is -0.367 e. The van der Waals surface area contributed by atoms with Gasteiger partial charge in [-0.25, -0.2) is 0 Å². The second-order valence-electron chi connectivity index (χ2n) is 5.86. The van der Waals surface area contributed by atoms with E-state index in [0.29, 0.717) is 29.0 Å². The summed E-state index contributed by atoms with van der Waals surface area (Å²) in [7, 11) is 0. The summed E-state index contributed by atoms with van der Waals surface area (Å²) < 4.78 is 39.2. The average molecular weight is 330 g/mol. The van der Waals surface area contributed by atoms with Crippen LogP contribution >= 0.6 is 0 Å². The molecule has 0 bridgehead atoms. The van der Waals surface area contributed by atoms with Crippen molar-refractivity contribution in [1.82, 2.24) is 24.7 Å². The molecule has 0 radical (unpaired) electrons. The molecular formula is C14H21F3N6. The highest BCUT2D eigenvalue weighted by atomic mass is 19.4. The van der Waals surface area contributed by atoms with Gasteiger partial charge < -0.3 is 5.32 Å². The minimum atomic E-state index is -4.59. The van der Waals surface area contributed by atoms with Crippen LogP contribution in [0.5, 0.6) is 0 Å². The Morgan fingerprint density at radius 1 is 1.13 bits per heavy atom. The molecule has 2 aromatic heterocycles. The van der Waals surface area contributed by atoms with Crippen molar-refractivity contribution < 1.29 is 13.2 Å². The van der Waals surface area contributed by atoms with E-state index in [2.05, 4.69) is 53.2 Å². The predicted molar refractivity (Wildman–Crippen MR) is 81.3 cm³/mol. The fourth-order valence-electron chi connectivity index (χ4n) is 2.49. The average Bonchev–Trinajstić information content (AvgIpc) is 2.85. The molecule has 9 heteroatoms. The number of fused-ring (bicyclic) bond motifs is 1. The van der Waals surface area contributed by atoms with E-state index in [9.17, 15) is 13.2 Å². The molecule has 0 aliphatic rings. The number of hydrogen-bond donors (Lipinski definition) is 1. The van der Waals surface area contributed by atoms with Crippen LogP contribution in [0.4, 0.5) is 19.0 Å². The molecule has 23 heavy (non-hydrogen) atoms. The number of nitrogens with one attached hydrogen (secondary N) is 1. The van der Waals surface area contributed by atoms with E-state index < -0.39 is 12.0 Å². The fourth-order valence-corrected chi connectivity index (χ4v) is 2.49. The lowest BCUT2D eigenvalue weighted by Gasteiger charge is -2.30. The van der Waals surface area contributed by atoms with E-state index in [4.69, 9.17) is 0 Å². The summed E-state index contributed by atoms with van der Waals surface area (Å²) in [6.07, 6.45) is -4.59. The summed E-state index contributed by atoms with van der Waals surface area (Å²) in [6, 6.07) is 3.84. The molecule has 6 nitrogen and oxygen atoms in total. The lowest BCUT2D eigenvalue weighted by Crippen LogP contribution is -2.40. The Hall–Kier alpha value is -1.90. The molecular weight excluding hydrogens is 309 g/mol. The van der Waals surface area contributed by atoms with Crippen LogP contribution in [0.3, 0.4) is 0 Å². The van der Waals surface area contributed by atoms with Crippen LogP contribution in [0.1, 0.15) is 33.5 Å². The first-order chi connectivity index (χ1) is 10.7. The van der Waals surface area contributed by atoms with Crippen molar-refractivity contribution in [2.75, 3.05) is 18.4 Å². The van der Waals surface area contributed by atoms with Gasteiger partial charge in [-0.05, 0) is 39.8 Å². The smallest absolute Gasteiger partial charge is 0.367 e. The Morgan fingerprint density at radius 2 is 1.78 bits per heavy atom. The summed E-state index contributed by atoms with van der Waals surface area (Å²) in [4.78, 5) is 2.28. The summed E-state index contributed by atoms with van der Waals surface area (Å²) in [6.45, 7) is 9.78. The molecule has 0 aliphatic heterocycles. The van der Waals surface area contributed by atoms with E-state index in [-0.39, 0.29) is 5.65 Å². The van der Waals surface area contributed by atoms with E-state index in [1.54, 1.807) is 6.07 Å². The molecule has 0 unspecified atom stereocenters. The number of alkyl halides is 3. The van der Waals surface area contributed by atoms with Crippen LogP contribution in [0.15, 0.2) is 12.1 Å². The Kier molecular flexibility index (Phi) is 5.08. The molecule has 2 aromatic rings. The lowest BCUT2D eigenvalue weighted by molar-refractivity contribution is -0.146. The number of aromatic nitrogens is 4. The van der Waals surface area contributed by atoms with Crippen molar-refractivity contribution in [2.24, 2.45) is 0 Å². The molecule has 128 valence electrons. The van der Waals surface area contributed by atoms with Gasteiger partial charge in [-0.3, -0.25) is 4.90 Å². The molecule has 2 rings (SSSR count). The minimum absolute atomic E-state index is 0.0638. The molecule has 0 amide bonds. The first-order valence-corrected chi connectivity index (χ1v) is 7.49. The second-order valence-corrected chi connectivity index (χ2v) is 5.86. The van der Waals surface area contributed by atoms with Gasteiger partial charge in [0, 0.05) is 25.2 Å². The molecule has 0 aliphatic carbocycles.